The minimum absolute atomic E-state index is 0.0350. The summed E-state index contributed by atoms with van der Waals surface area (Å²) in [5.74, 6) is 0.108. The Bertz CT molecular complexity index is 996. The van der Waals surface area contributed by atoms with Gasteiger partial charge in [-0.2, -0.15) is 0 Å². The van der Waals surface area contributed by atoms with E-state index in [0.29, 0.717) is 11.4 Å². The number of fused-ring (bicyclic) bond motifs is 2. The van der Waals surface area contributed by atoms with E-state index in [0.717, 1.165) is 16.6 Å². The quantitative estimate of drug-likeness (QED) is 0.756. The van der Waals surface area contributed by atoms with Gasteiger partial charge in [0, 0.05) is 30.8 Å². The van der Waals surface area contributed by atoms with Crippen LogP contribution in [0.2, 0.25) is 0 Å². The molecule has 0 aliphatic carbocycles. The van der Waals surface area contributed by atoms with E-state index < -0.39 is 0 Å². The van der Waals surface area contributed by atoms with Crippen molar-refractivity contribution < 1.29 is 4.79 Å². The number of rotatable bonds is 2. The lowest BCUT2D eigenvalue weighted by Crippen LogP contribution is -2.27. The molecule has 2 aromatic heterocycles. The van der Waals surface area contributed by atoms with Crippen molar-refractivity contribution >= 4 is 22.8 Å². The normalized spacial score (nSPS) is 17.1. The van der Waals surface area contributed by atoms with Crippen LogP contribution in [-0.2, 0) is 4.79 Å². The topological polar surface area (TPSA) is 92.7 Å². The Hall–Kier alpha value is -2.96. The fraction of sp³-hybridized carbons (Fsp3) is 0.294. The predicted molar refractivity (Wildman–Crippen MR) is 90.1 cm³/mol. The number of aromatic amines is 1. The second kappa shape index (κ2) is 5.30. The number of H-pyrrole nitrogens is 1. The molecule has 7 heteroatoms. The molecule has 0 saturated heterocycles. The molecule has 3 aromatic rings. The molecule has 1 atom stereocenters. The minimum atomic E-state index is -0.335. The zero-order valence-electron chi connectivity index (χ0n) is 13.4. The van der Waals surface area contributed by atoms with Crippen LogP contribution in [0, 0.1) is 0 Å². The van der Waals surface area contributed by atoms with Crippen LogP contribution in [0.5, 0.6) is 0 Å². The van der Waals surface area contributed by atoms with Gasteiger partial charge in [0.15, 0.2) is 0 Å². The number of hydrogen-bond donors (Lipinski definition) is 2. The smallest absolute Gasteiger partial charge is 0.270 e. The number of para-hydroxylation sites is 1. The van der Waals surface area contributed by atoms with E-state index in [4.69, 9.17) is 0 Å². The third kappa shape index (κ3) is 2.12. The van der Waals surface area contributed by atoms with E-state index in [1.807, 2.05) is 32.0 Å². The van der Waals surface area contributed by atoms with Crippen LogP contribution in [0.1, 0.15) is 43.4 Å². The Labute approximate surface area is 137 Å². The summed E-state index contributed by atoms with van der Waals surface area (Å²) in [5.41, 5.74) is 2.74. The van der Waals surface area contributed by atoms with Gasteiger partial charge in [-0.1, -0.05) is 12.1 Å². The summed E-state index contributed by atoms with van der Waals surface area (Å²) < 4.78 is 1.71. The Morgan fingerprint density at radius 2 is 2.00 bits per heavy atom. The van der Waals surface area contributed by atoms with Crippen LogP contribution in [-0.4, -0.2) is 25.7 Å². The molecule has 4 rings (SSSR count). The van der Waals surface area contributed by atoms with Gasteiger partial charge in [0.1, 0.15) is 5.82 Å². The Morgan fingerprint density at radius 3 is 2.79 bits per heavy atom. The first-order valence-corrected chi connectivity index (χ1v) is 7.90. The molecule has 24 heavy (non-hydrogen) atoms. The van der Waals surface area contributed by atoms with Gasteiger partial charge >= 0.3 is 0 Å². The van der Waals surface area contributed by atoms with E-state index in [2.05, 4.69) is 20.4 Å². The molecule has 0 spiro atoms. The van der Waals surface area contributed by atoms with Gasteiger partial charge in [-0.15, -0.1) is 0 Å². The molecule has 122 valence electrons. The summed E-state index contributed by atoms with van der Waals surface area (Å²) >= 11 is 0. The largest absolute Gasteiger partial charge is 0.311 e. The second-order valence-corrected chi connectivity index (χ2v) is 6.24. The van der Waals surface area contributed by atoms with Crippen molar-refractivity contribution in [2.75, 3.05) is 5.32 Å². The predicted octanol–water partition coefficient (Wildman–Crippen LogP) is 2.17. The van der Waals surface area contributed by atoms with E-state index in [1.165, 1.54) is 0 Å². The van der Waals surface area contributed by atoms with Gasteiger partial charge in [0.05, 0.1) is 16.6 Å². The maximum absolute atomic E-state index is 12.6. The van der Waals surface area contributed by atoms with Gasteiger partial charge in [-0.25, -0.2) is 0 Å². The molecule has 1 aliphatic heterocycles. The van der Waals surface area contributed by atoms with Crippen LogP contribution >= 0.6 is 0 Å². The van der Waals surface area contributed by atoms with Gasteiger partial charge in [-0.3, -0.25) is 29.3 Å². The SMILES string of the molecule is CC(C)n1[nH]c(=O)c2c1NC(=O)CC2c1cccc2nccnc12. The molecular formula is C17H17N5O2. The zero-order chi connectivity index (χ0) is 16.8. The molecule has 0 saturated carbocycles. The number of benzene rings is 1. The number of hydrogen-bond acceptors (Lipinski definition) is 4. The number of nitrogens with one attached hydrogen (secondary N) is 2. The fourth-order valence-corrected chi connectivity index (χ4v) is 3.33. The Kier molecular flexibility index (Phi) is 3.23. The zero-order valence-corrected chi connectivity index (χ0v) is 13.4. The third-order valence-electron chi connectivity index (χ3n) is 4.38. The van der Waals surface area contributed by atoms with Crippen molar-refractivity contribution in [1.82, 2.24) is 19.7 Å². The maximum Gasteiger partial charge on any atom is 0.270 e. The number of aromatic nitrogens is 4. The van der Waals surface area contributed by atoms with Gasteiger partial charge in [0.25, 0.3) is 5.56 Å². The molecule has 1 unspecified atom stereocenters. The van der Waals surface area contributed by atoms with Crippen LogP contribution in [0.4, 0.5) is 5.82 Å². The summed E-state index contributed by atoms with van der Waals surface area (Å²) in [6.07, 6.45) is 3.47. The lowest BCUT2D eigenvalue weighted by molar-refractivity contribution is -0.116. The summed E-state index contributed by atoms with van der Waals surface area (Å²) in [6.45, 7) is 3.91. The number of anilines is 1. The summed E-state index contributed by atoms with van der Waals surface area (Å²) in [6, 6.07) is 5.70. The molecule has 0 fully saturated rings. The van der Waals surface area contributed by atoms with Crippen molar-refractivity contribution in [3.05, 3.63) is 52.1 Å². The van der Waals surface area contributed by atoms with Crippen molar-refractivity contribution in [1.29, 1.82) is 0 Å². The standard InChI is InChI=1S/C17H17N5O2/c1-9(2)22-16-14(17(24)21-22)11(8-13(23)20-16)10-4-3-5-12-15(10)19-7-6-18-12/h3-7,9,11H,8H2,1-2H3,(H,20,23)(H,21,24). The molecular weight excluding hydrogens is 306 g/mol. The van der Waals surface area contributed by atoms with E-state index in [1.54, 1.807) is 17.1 Å². The van der Waals surface area contributed by atoms with E-state index >= 15 is 0 Å². The highest BCUT2D eigenvalue weighted by molar-refractivity contribution is 5.95. The molecule has 3 heterocycles. The summed E-state index contributed by atoms with van der Waals surface area (Å²) in [5, 5.41) is 5.67. The highest BCUT2D eigenvalue weighted by Gasteiger charge is 2.34. The maximum atomic E-state index is 12.6. The number of carbonyl (C=O) groups excluding carboxylic acids is 1. The average Bonchev–Trinajstić information content (AvgIpc) is 2.90. The fourth-order valence-electron chi connectivity index (χ4n) is 3.33. The second-order valence-electron chi connectivity index (χ2n) is 6.24. The Balaban J connectivity index is 1.98. The molecule has 0 bridgehead atoms. The Morgan fingerprint density at radius 1 is 1.21 bits per heavy atom. The van der Waals surface area contributed by atoms with Crippen LogP contribution < -0.4 is 10.9 Å². The number of amides is 1. The van der Waals surface area contributed by atoms with Crippen LogP contribution in [0.3, 0.4) is 0 Å². The molecule has 1 amide bonds. The van der Waals surface area contributed by atoms with Crippen LogP contribution in [0.15, 0.2) is 35.4 Å². The molecule has 1 aliphatic rings. The van der Waals surface area contributed by atoms with Crippen LogP contribution in [0.25, 0.3) is 11.0 Å². The van der Waals surface area contributed by atoms with Crippen molar-refractivity contribution in [3.63, 3.8) is 0 Å². The van der Waals surface area contributed by atoms with Crippen molar-refractivity contribution in [3.8, 4) is 0 Å². The molecule has 0 radical (unpaired) electrons. The lowest BCUT2D eigenvalue weighted by Gasteiger charge is -2.24. The first-order chi connectivity index (χ1) is 11.6. The first kappa shape index (κ1) is 14.6. The molecule has 2 N–H and O–H groups in total. The molecule has 1 aromatic carbocycles. The van der Waals surface area contributed by atoms with E-state index in [9.17, 15) is 9.59 Å². The monoisotopic (exact) mass is 323 g/mol. The van der Waals surface area contributed by atoms with Crippen molar-refractivity contribution in [2.45, 2.75) is 32.2 Å². The highest BCUT2D eigenvalue weighted by Crippen LogP contribution is 2.37. The van der Waals surface area contributed by atoms with Gasteiger partial charge in [0.2, 0.25) is 5.91 Å². The van der Waals surface area contributed by atoms with Crippen molar-refractivity contribution in [2.24, 2.45) is 0 Å². The minimum Gasteiger partial charge on any atom is -0.311 e. The summed E-state index contributed by atoms with van der Waals surface area (Å²) in [4.78, 5) is 33.5. The van der Waals surface area contributed by atoms with E-state index in [-0.39, 0.29) is 29.8 Å². The number of carbonyl (C=O) groups is 1. The first-order valence-electron chi connectivity index (χ1n) is 7.90. The van der Waals surface area contributed by atoms with Gasteiger partial charge < -0.3 is 5.32 Å². The molecule has 7 nitrogen and oxygen atoms in total. The average molecular weight is 323 g/mol. The highest BCUT2D eigenvalue weighted by atomic mass is 16.2. The number of nitrogens with zero attached hydrogens (tertiary/aromatic N) is 3. The lowest BCUT2D eigenvalue weighted by atomic mass is 9.86. The third-order valence-corrected chi connectivity index (χ3v) is 4.38. The van der Waals surface area contributed by atoms with Gasteiger partial charge in [-0.05, 0) is 25.5 Å². The summed E-state index contributed by atoms with van der Waals surface area (Å²) in [7, 11) is 0.